The number of methoxy groups -OCH3 is 1. The standard InChI is InChI=1S/C22H18F6NO4.C5H5.Fe/c1-30-11-12-8-9-31-20(32-12)14-5-3-7-16(14)33-17-10-18(22(26,27)28)29-19-13(17)4-2-6-15(19)21(23,24)25;1-2-4-5-3-1;/h2-7,10,12,20H,8-9,11H2,1H3;1-5H;/q;;+2. The minimum atomic E-state index is -4.98. The summed E-state index contributed by atoms with van der Waals surface area (Å²) in [6, 6.07) is 3.56. The Morgan fingerprint density at radius 2 is 1.64 bits per heavy atom. The molecule has 3 fully saturated rings. The quantitative estimate of drug-likeness (QED) is 0.306. The SMILES string of the molecule is COCC1CCOC([C]2[CH][CH][CH][C]2Oc2cc(C(F)(F)F)nc3c(C(F)(F)F)cccc23)O1.[CH]1[CH][CH][CH][CH]1.[Fe+2]. The zero-order chi connectivity index (χ0) is 27.3. The van der Waals surface area contributed by atoms with Crippen LogP contribution in [0.4, 0.5) is 26.3 Å². The fourth-order valence-electron chi connectivity index (χ4n) is 3.88. The van der Waals surface area contributed by atoms with Crippen molar-refractivity contribution in [2.45, 2.75) is 31.2 Å². The van der Waals surface area contributed by atoms with Gasteiger partial charge in [0, 0.05) is 25.0 Å². The van der Waals surface area contributed by atoms with Crippen LogP contribution in [0.2, 0.25) is 0 Å². The Hall–Kier alpha value is -1.59. The van der Waals surface area contributed by atoms with Crippen LogP contribution >= 0.6 is 0 Å². The molecule has 39 heavy (non-hydrogen) atoms. The van der Waals surface area contributed by atoms with Gasteiger partial charge in [-0.1, -0.05) is 6.07 Å². The van der Waals surface area contributed by atoms with Crippen LogP contribution < -0.4 is 4.74 Å². The largest absolute Gasteiger partial charge is 2.00 e. The van der Waals surface area contributed by atoms with E-state index in [1.165, 1.54) is 19.6 Å². The molecule has 1 aliphatic heterocycles. The molecular weight excluding hydrogens is 572 g/mol. The van der Waals surface area contributed by atoms with E-state index in [0.29, 0.717) is 37.7 Å². The molecular formula is C27H23F6FeNO4+2. The van der Waals surface area contributed by atoms with Crippen LogP contribution in [0.3, 0.4) is 0 Å². The van der Waals surface area contributed by atoms with E-state index < -0.39 is 41.2 Å². The number of halogens is 6. The average Bonchev–Trinajstić information content (AvgIpc) is 3.58. The third-order valence-corrected chi connectivity index (χ3v) is 5.61. The molecule has 2 heterocycles. The van der Waals surface area contributed by atoms with E-state index in [1.54, 1.807) is 12.8 Å². The van der Waals surface area contributed by atoms with Crippen molar-refractivity contribution in [2.75, 3.05) is 20.3 Å². The second-order valence-electron chi connectivity index (χ2n) is 8.32. The van der Waals surface area contributed by atoms with E-state index in [4.69, 9.17) is 18.9 Å². The molecule has 208 valence electrons. The van der Waals surface area contributed by atoms with E-state index in [-0.39, 0.29) is 34.7 Å². The first kappa shape index (κ1) is 31.9. The Morgan fingerprint density at radius 3 is 2.26 bits per heavy atom. The second-order valence-corrected chi connectivity index (χ2v) is 8.32. The van der Waals surface area contributed by atoms with Crippen LogP contribution in [0, 0.1) is 63.4 Å². The molecule has 1 aromatic carbocycles. The minimum absolute atomic E-state index is 0. The summed E-state index contributed by atoms with van der Waals surface area (Å²) in [5.41, 5.74) is -3.64. The summed E-state index contributed by atoms with van der Waals surface area (Å²) in [6.45, 7) is 0.676. The summed E-state index contributed by atoms with van der Waals surface area (Å²) in [4.78, 5) is 3.26. The van der Waals surface area contributed by atoms with Gasteiger partial charge in [-0.25, -0.2) is 4.98 Å². The molecule has 2 aliphatic carbocycles. The minimum Gasteiger partial charge on any atom is -0.481 e. The van der Waals surface area contributed by atoms with E-state index in [0.717, 1.165) is 6.07 Å². The normalized spacial score (nSPS) is 22.8. The summed E-state index contributed by atoms with van der Waals surface area (Å²) in [5.74, 6) is -0.0311. The first-order valence-electron chi connectivity index (χ1n) is 11.5. The fourth-order valence-corrected chi connectivity index (χ4v) is 3.88. The number of pyridine rings is 1. The molecule has 0 spiro atoms. The van der Waals surface area contributed by atoms with Crippen molar-refractivity contribution in [3.05, 3.63) is 98.9 Å². The van der Waals surface area contributed by atoms with Gasteiger partial charge in [-0.15, -0.1) is 0 Å². The maximum atomic E-state index is 13.5. The number of ether oxygens (including phenoxy) is 4. The van der Waals surface area contributed by atoms with Crippen LogP contribution in [0.25, 0.3) is 10.9 Å². The Morgan fingerprint density at radius 1 is 0.949 bits per heavy atom. The first-order valence-corrected chi connectivity index (χ1v) is 11.5. The van der Waals surface area contributed by atoms with Crippen molar-refractivity contribution >= 4 is 10.9 Å². The number of hydrogen-bond donors (Lipinski definition) is 0. The number of nitrogens with zero attached hydrogens (tertiary/aromatic N) is 1. The zero-order valence-corrected chi connectivity index (χ0v) is 21.5. The molecule has 5 rings (SSSR count). The van der Waals surface area contributed by atoms with Gasteiger partial charge in [-0.3, -0.25) is 0 Å². The number of para-hydroxylation sites is 1. The summed E-state index contributed by atoms with van der Waals surface area (Å²) in [6.07, 6.45) is 4.31. The number of benzene rings is 1. The maximum Gasteiger partial charge on any atom is 2.00 e. The van der Waals surface area contributed by atoms with Gasteiger partial charge >= 0.3 is 29.4 Å². The number of rotatable bonds is 5. The van der Waals surface area contributed by atoms with Crippen molar-refractivity contribution in [1.29, 1.82) is 0 Å². The van der Waals surface area contributed by atoms with Crippen molar-refractivity contribution in [1.82, 2.24) is 4.98 Å². The van der Waals surface area contributed by atoms with E-state index in [1.807, 2.05) is 32.1 Å². The number of hydrogen-bond acceptors (Lipinski definition) is 5. The van der Waals surface area contributed by atoms with Crippen LogP contribution in [0.1, 0.15) is 17.7 Å². The molecule has 10 radical (unpaired) electrons. The molecule has 0 amide bonds. The molecule has 1 saturated heterocycles. The Kier molecular flexibility index (Phi) is 11.3. The molecule has 0 N–H and O–H groups in total. The Balaban J connectivity index is 0.000000630. The van der Waals surface area contributed by atoms with Gasteiger partial charge in [0.1, 0.15) is 11.4 Å². The predicted octanol–water partition coefficient (Wildman–Crippen LogP) is 6.18. The van der Waals surface area contributed by atoms with Crippen molar-refractivity contribution in [3.8, 4) is 5.75 Å². The van der Waals surface area contributed by atoms with Gasteiger partial charge in [0.2, 0.25) is 0 Å². The molecule has 12 heteroatoms. The van der Waals surface area contributed by atoms with Gasteiger partial charge < -0.3 is 18.9 Å². The van der Waals surface area contributed by atoms with E-state index >= 15 is 0 Å². The third-order valence-electron chi connectivity index (χ3n) is 5.61. The van der Waals surface area contributed by atoms with Crippen molar-refractivity contribution in [2.24, 2.45) is 0 Å². The fraction of sp³-hybridized carbons (Fsp3) is 0.296. The molecule has 5 nitrogen and oxygen atoms in total. The van der Waals surface area contributed by atoms with Gasteiger partial charge in [-0.05, 0) is 63.5 Å². The second kappa shape index (κ2) is 13.9. The molecule has 1 aromatic heterocycles. The molecule has 0 bridgehead atoms. The van der Waals surface area contributed by atoms with Crippen LogP contribution in [-0.2, 0) is 43.6 Å². The molecule has 2 unspecified atom stereocenters. The Labute approximate surface area is 234 Å². The summed E-state index contributed by atoms with van der Waals surface area (Å²) in [7, 11) is 1.52. The zero-order valence-electron chi connectivity index (χ0n) is 20.4. The van der Waals surface area contributed by atoms with E-state index in [2.05, 4.69) is 4.98 Å². The molecule has 2 atom stereocenters. The van der Waals surface area contributed by atoms with E-state index in [9.17, 15) is 26.3 Å². The summed E-state index contributed by atoms with van der Waals surface area (Å²) >= 11 is 0. The number of alkyl halides is 6. The molecule has 2 aromatic rings. The first-order chi connectivity index (χ1) is 18.1. The predicted molar refractivity (Wildman–Crippen MR) is 124 cm³/mol. The topological polar surface area (TPSA) is 49.8 Å². The van der Waals surface area contributed by atoms with Crippen LogP contribution in [-0.4, -0.2) is 37.7 Å². The third kappa shape index (κ3) is 8.22. The Bertz CT molecular complexity index is 1050. The smallest absolute Gasteiger partial charge is 0.481 e. The van der Waals surface area contributed by atoms with Crippen molar-refractivity contribution < 1.29 is 62.4 Å². The van der Waals surface area contributed by atoms with Crippen molar-refractivity contribution in [3.63, 3.8) is 0 Å². The number of aromatic nitrogens is 1. The summed E-state index contributed by atoms with van der Waals surface area (Å²) < 4.78 is 103. The van der Waals surface area contributed by atoms with Gasteiger partial charge in [0.25, 0.3) is 0 Å². The monoisotopic (exact) mass is 595 g/mol. The number of fused-ring (bicyclic) bond motifs is 1. The molecule has 2 saturated carbocycles. The van der Waals surface area contributed by atoms with Gasteiger partial charge in [0.05, 0.1) is 36.3 Å². The maximum absolute atomic E-state index is 13.5. The summed E-state index contributed by atoms with van der Waals surface area (Å²) in [5, 5.41) is -0.215. The van der Waals surface area contributed by atoms with Gasteiger partial charge in [0.15, 0.2) is 12.4 Å². The molecule has 3 aliphatic rings. The van der Waals surface area contributed by atoms with Gasteiger partial charge in [-0.2, -0.15) is 26.3 Å². The van der Waals surface area contributed by atoms with Crippen LogP contribution in [0.15, 0.2) is 24.3 Å². The van der Waals surface area contributed by atoms with Crippen LogP contribution in [0.5, 0.6) is 5.75 Å². The average molecular weight is 595 g/mol.